The lowest BCUT2D eigenvalue weighted by molar-refractivity contribution is -0.138. The van der Waals surface area contributed by atoms with E-state index in [2.05, 4.69) is 0 Å². The average molecular weight is 159 g/mol. The summed E-state index contributed by atoms with van der Waals surface area (Å²) in [5, 5.41) is 8.51. The molecule has 3 nitrogen and oxygen atoms in total. The van der Waals surface area contributed by atoms with Crippen LogP contribution in [0.25, 0.3) is 0 Å². The van der Waals surface area contributed by atoms with Gasteiger partial charge >= 0.3 is 5.97 Å². The largest absolute Gasteiger partial charge is 0.481 e. The number of carbonyl (C=O) groups is 1. The van der Waals surface area contributed by atoms with E-state index in [1.807, 2.05) is 25.9 Å². The van der Waals surface area contributed by atoms with Crippen LogP contribution >= 0.6 is 0 Å². The van der Waals surface area contributed by atoms with Gasteiger partial charge in [0.15, 0.2) is 0 Å². The van der Waals surface area contributed by atoms with Gasteiger partial charge in [-0.2, -0.15) is 0 Å². The molecule has 0 rings (SSSR count). The molecular weight excluding hydrogens is 142 g/mol. The summed E-state index contributed by atoms with van der Waals surface area (Å²) >= 11 is 0. The zero-order valence-electron chi connectivity index (χ0n) is 7.50. The summed E-state index contributed by atoms with van der Waals surface area (Å²) in [6.07, 6.45) is 1.22. The Bertz CT molecular complexity index is 123. The van der Waals surface area contributed by atoms with E-state index in [-0.39, 0.29) is 6.42 Å². The van der Waals surface area contributed by atoms with E-state index >= 15 is 0 Å². The minimum Gasteiger partial charge on any atom is -0.481 e. The fourth-order valence-electron chi connectivity index (χ4n) is 1.10. The van der Waals surface area contributed by atoms with Gasteiger partial charge in [0.05, 0.1) is 0 Å². The van der Waals surface area contributed by atoms with E-state index in [9.17, 15) is 4.79 Å². The summed E-state index contributed by atoms with van der Waals surface area (Å²) in [5.41, 5.74) is 0. The lowest BCUT2D eigenvalue weighted by atomic mass is 10.0. The van der Waals surface area contributed by atoms with Crippen molar-refractivity contribution in [2.45, 2.75) is 19.8 Å². The first kappa shape index (κ1) is 10.4. The predicted octanol–water partition coefficient (Wildman–Crippen LogP) is 1.05. The predicted molar refractivity (Wildman–Crippen MR) is 44.6 cm³/mol. The van der Waals surface area contributed by atoms with Crippen LogP contribution in [0, 0.1) is 5.92 Å². The highest BCUT2D eigenvalue weighted by Gasteiger charge is 2.11. The number of aliphatic carboxylic acids is 1. The highest BCUT2D eigenvalue weighted by atomic mass is 16.4. The van der Waals surface area contributed by atoms with Crippen molar-refractivity contribution in [3.8, 4) is 0 Å². The Morgan fingerprint density at radius 2 is 2.09 bits per heavy atom. The highest BCUT2D eigenvalue weighted by Crippen LogP contribution is 2.08. The van der Waals surface area contributed by atoms with Crippen LogP contribution in [0.4, 0.5) is 0 Å². The minimum absolute atomic E-state index is 0.286. The van der Waals surface area contributed by atoms with E-state index < -0.39 is 5.97 Å². The van der Waals surface area contributed by atoms with Gasteiger partial charge < -0.3 is 10.0 Å². The van der Waals surface area contributed by atoms with Crippen LogP contribution in [0.2, 0.25) is 0 Å². The second-order valence-electron chi connectivity index (χ2n) is 3.13. The van der Waals surface area contributed by atoms with Crippen LogP contribution in [0.15, 0.2) is 0 Å². The fourth-order valence-corrected chi connectivity index (χ4v) is 1.10. The molecule has 0 saturated heterocycles. The number of rotatable bonds is 5. The molecule has 0 aliphatic carbocycles. The van der Waals surface area contributed by atoms with E-state index in [1.165, 1.54) is 0 Å². The normalized spacial score (nSPS) is 13.5. The van der Waals surface area contributed by atoms with Crippen molar-refractivity contribution in [3.63, 3.8) is 0 Å². The Kier molecular flexibility index (Phi) is 4.86. The van der Waals surface area contributed by atoms with Gasteiger partial charge in [-0.25, -0.2) is 0 Å². The van der Waals surface area contributed by atoms with Crippen molar-refractivity contribution in [1.29, 1.82) is 0 Å². The standard InChI is InChI=1S/C8H17NO2/c1-4-7(5-8(10)11)6-9(2)3/h7H,4-6H2,1-3H3,(H,10,11). The first-order valence-electron chi connectivity index (χ1n) is 3.92. The maximum atomic E-state index is 10.3. The molecule has 0 aromatic heterocycles. The number of hydrogen-bond acceptors (Lipinski definition) is 2. The van der Waals surface area contributed by atoms with E-state index in [0.717, 1.165) is 13.0 Å². The lowest BCUT2D eigenvalue weighted by Crippen LogP contribution is -2.23. The van der Waals surface area contributed by atoms with Gasteiger partial charge in [0.2, 0.25) is 0 Å². The average Bonchev–Trinajstić information content (AvgIpc) is 1.84. The summed E-state index contributed by atoms with van der Waals surface area (Å²) in [4.78, 5) is 12.4. The van der Waals surface area contributed by atoms with Gasteiger partial charge in [0, 0.05) is 13.0 Å². The first-order valence-corrected chi connectivity index (χ1v) is 3.92. The van der Waals surface area contributed by atoms with Gasteiger partial charge in [0.1, 0.15) is 0 Å². The van der Waals surface area contributed by atoms with Crippen LogP contribution in [-0.4, -0.2) is 36.6 Å². The SMILES string of the molecule is CCC(CC(=O)O)CN(C)C. The summed E-state index contributed by atoms with van der Waals surface area (Å²) in [6, 6.07) is 0. The quantitative estimate of drug-likeness (QED) is 0.651. The van der Waals surface area contributed by atoms with Crippen LogP contribution in [0.3, 0.4) is 0 Å². The molecule has 3 heteroatoms. The number of carboxylic acid groups (broad SMARTS) is 1. The summed E-state index contributed by atoms with van der Waals surface area (Å²) in [7, 11) is 3.93. The number of hydrogen-bond donors (Lipinski definition) is 1. The van der Waals surface area contributed by atoms with Gasteiger partial charge in [0.25, 0.3) is 0 Å². The third kappa shape index (κ3) is 5.85. The minimum atomic E-state index is -0.696. The molecule has 66 valence electrons. The van der Waals surface area contributed by atoms with E-state index in [1.54, 1.807) is 0 Å². The van der Waals surface area contributed by atoms with Crippen LogP contribution in [0.1, 0.15) is 19.8 Å². The second-order valence-corrected chi connectivity index (χ2v) is 3.13. The molecule has 0 aromatic carbocycles. The fraction of sp³-hybridized carbons (Fsp3) is 0.875. The van der Waals surface area contributed by atoms with Crippen LogP contribution in [0.5, 0.6) is 0 Å². The summed E-state index contributed by atoms with van der Waals surface area (Å²) in [5.74, 6) is -0.402. The number of nitrogens with zero attached hydrogens (tertiary/aromatic N) is 1. The van der Waals surface area contributed by atoms with Gasteiger partial charge in [-0.3, -0.25) is 4.79 Å². The maximum absolute atomic E-state index is 10.3. The maximum Gasteiger partial charge on any atom is 0.303 e. The topological polar surface area (TPSA) is 40.5 Å². The summed E-state index contributed by atoms with van der Waals surface area (Å²) in [6.45, 7) is 2.89. The molecule has 11 heavy (non-hydrogen) atoms. The third-order valence-electron chi connectivity index (χ3n) is 1.66. The second kappa shape index (κ2) is 5.13. The Balaban J connectivity index is 3.66. The molecule has 0 radical (unpaired) electrons. The van der Waals surface area contributed by atoms with Crippen LogP contribution < -0.4 is 0 Å². The molecule has 1 unspecified atom stereocenters. The molecule has 0 heterocycles. The Hall–Kier alpha value is -0.570. The van der Waals surface area contributed by atoms with Crippen molar-refractivity contribution >= 4 is 5.97 Å². The monoisotopic (exact) mass is 159 g/mol. The molecule has 0 aromatic rings. The Labute approximate surface area is 68.0 Å². The molecule has 0 amide bonds. The van der Waals surface area contributed by atoms with Crippen molar-refractivity contribution in [2.24, 2.45) is 5.92 Å². The molecule has 0 saturated carbocycles. The Morgan fingerprint density at radius 3 is 2.36 bits per heavy atom. The number of carboxylic acids is 1. The third-order valence-corrected chi connectivity index (χ3v) is 1.66. The molecule has 0 bridgehead atoms. The molecule has 1 N–H and O–H groups in total. The highest BCUT2D eigenvalue weighted by molar-refractivity contribution is 5.67. The molecule has 0 fully saturated rings. The van der Waals surface area contributed by atoms with Crippen molar-refractivity contribution < 1.29 is 9.90 Å². The van der Waals surface area contributed by atoms with E-state index in [0.29, 0.717) is 5.92 Å². The van der Waals surface area contributed by atoms with Crippen LogP contribution in [-0.2, 0) is 4.79 Å². The van der Waals surface area contributed by atoms with Gasteiger partial charge in [-0.15, -0.1) is 0 Å². The lowest BCUT2D eigenvalue weighted by Gasteiger charge is -2.17. The zero-order valence-corrected chi connectivity index (χ0v) is 7.50. The van der Waals surface area contributed by atoms with Crippen molar-refractivity contribution in [1.82, 2.24) is 4.90 Å². The van der Waals surface area contributed by atoms with Crippen molar-refractivity contribution in [2.75, 3.05) is 20.6 Å². The van der Waals surface area contributed by atoms with Gasteiger partial charge in [-0.05, 0) is 20.0 Å². The molecule has 0 aliphatic heterocycles. The summed E-state index contributed by atoms with van der Waals surface area (Å²) < 4.78 is 0. The Morgan fingerprint density at radius 1 is 1.55 bits per heavy atom. The zero-order chi connectivity index (χ0) is 8.85. The first-order chi connectivity index (χ1) is 5.06. The molecule has 0 aliphatic rings. The molecular formula is C8H17NO2. The molecule has 0 spiro atoms. The van der Waals surface area contributed by atoms with E-state index in [4.69, 9.17) is 5.11 Å². The molecule has 1 atom stereocenters. The smallest absolute Gasteiger partial charge is 0.303 e. The van der Waals surface area contributed by atoms with Crippen molar-refractivity contribution in [3.05, 3.63) is 0 Å². The van der Waals surface area contributed by atoms with Gasteiger partial charge in [-0.1, -0.05) is 13.3 Å².